The zero-order valence-corrected chi connectivity index (χ0v) is 18.1. The first-order chi connectivity index (χ1) is 15.3. The Balaban J connectivity index is 1.34. The van der Waals surface area contributed by atoms with Crippen molar-refractivity contribution in [2.24, 2.45) is 11.8 Å². The predicted octanol–water partition coefficient (Wildman–Crippen LogP) is 1.51. The van der Waals surface area contributed by atoms with Gasteiger partial charge in [0.05, 0.1) is 12.6 Å². The van der Waals surface area contributed by atoms with Crippen LogP contribution in [-0.2, 0) is 20.8 Å². The van der Waals surface area contributed by atoms with Gasteiger partial charge in [-0.1, -0.05) is 31.5 Å². The van der Waals surface area contributed by atoms with Gasteiger partial charge in [0.25, 0.3) is 0 Å². The summed E-state index contributed by atoms with van der Waals surface area (Å²) in [7, 11) is 0. The Hall–Kier alpha value is -2.36. The lowest BCUT2D eigenvalue weighted by atomic mass is 9.82. The molecule has 7 atom stereocenters. The third-order valence-electron chi connectivity index (χ3n) is 7.61. The number of aliphatic hydroxyl groups is 2. The second-order valence-corrected chi connectivity index (χ2v) is 9.51. The van der Waals surface area contributed by atoms with Gasteiger partial charge in [0.1, 0.15) is 6.10 Å². The topological polar surface area (TPSA) is 120 Å². The first-order valence-corrected chi connectivity index (χ1v) is 11.4. The average molecular weight is 447 g/mol. The predicted molar refractivity (Wildman–Crippen MR) is 113 cm³/mol. The number of nitrogens with zero attached hydrogens (tertiary/aromatic N) is 2. The van der Waals surface area contributed by atoms with Crippen LogP contribution in [0.25, 0.3) is 0 Å². The summed E-state index contributed by atoms with van der Waals surface area (Å²) in [4.78, 5) is 28.4. The van der Waals surface area contributed by atoms with Crippen molar-refractivity contribution in [1.29, 1.82) is 0 Å². The zero-order valence-electron chi connectivity index (χ0n) is 18.1. The maximum atomic E-state index is 13.0. The number of rotatable bonds is 2. The fourth-order valence-corrected chi connectivity index (χ4v) is 5.86. The van der Waals surface area contributed by atoms with E-state index in [-0.39, 0.29) is 0 Å². The van der Waals surface area contributed by atoms with Crippen molar-refractivity contribution in [2.45, 2.75) is 63.3 Å². The number of ether oxygens (including phenoxy) is 2. The number of para-hydroxylation sites is 1. The third-order valence-corrected chi connectivity index (χ3v) is 7.61. The van der Waals surface area contributed by atoms with Crippen molar-refractivity contribution in [3.8, 4) is 0 Å². The Morgan fingerprint density at radius 3 is 2.75 bits per heavy atom. The molecule has 174 valence electrons. The van der Waals surface area contributed by atoms with E-state index in [0.29, 0.717) is 31.5 Å². The SMILES string of the molecule is CC1C(OC(=O)N2CCN3C[C@@H]4CCC[C@@H]4c4cccc(c43)C2)OC(C(=O)O)C(O)C1O. The molecule has 3 N–H and O–H groups in total. The molecule has 1 saturated heterocycles. The number of carboxylic acid groups (broad SMARTS) is 1. The van der Waals surface area contributed by atoms with E-state index in [0.717, 1.165) is 12.1 Å². The van der Waals surface area contributed by atoms with Crippen LogP contribution in [0.1, 0.15) is 43.2 Å². The van der Waals surface area contributed by atoms with Crippen molar-refractivity contribution < 1.29 is 34.4 Å². The summed E-state index contributed by atoms with van der Waals surface area (Å²) in [6, 6.07) is 6.33. The molecule has 5 unspecified atom stereocenters. The number of amides is 1. The van der Waals surface area contributed by atoms with Crippen LogP contribution in [-0.4, -0.2) is 76.5 Å². The molecule has 0 radical (unpaired) electrons. The lowest BCUT2D eigenvalue weighted by Gasteiger charge is -2.39. The molecule has 1 aromatic carbocycles. The summed E-state index contributed by atoms with van der Waals surface area (Å²) >= 11 is 0. The Morgan fingerprint density at radius 1 is 1.16 bits per heavy atom. The molecule has 9 heteroatoms. The highest BCUT2D eigenvalue weighted by molar-refractivity contribution is 5.74. The van der Waals surface area contributed by atoms with Gasteiger partial charge in [-0.25, -0.2) is 9.59 Å². The zero-order chi connectivity index (χ0) is 22.6. The number of benzene rings is 1. The van der Waals surface area contributed by atoms with E-state index in [2.05, 4.69) is 17.0 Å². The molecule has 1 aromatic rings. The van der Waals surface area contributed by atoms with E-state index >= 15 is 0 Å². The van der Waals surface area contributed by atoms with E-state index in [4.69, 9.17) is 9.47 Å². The van der Waals surface area contributed by atoms with Gasteiger partial charge in [-0.05, 0) is 35.8 Å². The molecule has 0 aromatic heterocycles. The van der Waals surface area contributed by atoms with Gasteiger partial charge in [-0.2, -0.15) is 0 Å². The Labute approximate surface area is 186 Å². The third kappa shape index (κ3) is 3.52. The molecule has 3 aliphatic heterocycles. The molecule has 2 fully saturated rings. The van der Waals surface area contributed by atoms with Gasteiger partial charge in [0.15, 0.2) is 6.10 Å². The van der Waals surface area contributed by atoms with Crippen molar-refractivity contribution in [3.05, 3.63) is 29.3 Å². The number of hydrogen-bond acceptors (Lipinski definition) is 7. The van der Waals surface area contributed by atoms with Crippen molar-refractivity contribution in [2.75, 3.05) is 24.5 Å². The van der Waals surface area contributed by atoms with Crippen LogP contribution in [0.5, 0.6) is 0 Å². The number of carboxylic acids is 1. The molecule has 1 saturated carbocycles. The number of anilines is 1. The molecule has 0 bridgehead atoms. The molecule has 9 nitrogen and oxygen atoms in total. The van der Waals surface area contributed by atoms with Gasteiger partial charge in [-0.3, -0.25) is 0 Å². The highest BCUT2D eigenvalue weighted by Gasteiger charge is 2.47. The minimum absolute atomic E-state index is 0.393. The number of aliphatic hydroxyl groups excluding tert-OH is 2. The van der Waals surface area contributed by atoms with Crippen LogP contribution in [0.2, 0.25) is 0 Å². The highest BCUT2D eigenvalue weighted by Crippen LogP contribution is 2.49. The number of carbonyl (C=O) groups excluding carboxylic acids is 1. The minimum atomic E-state index is -1.66. The summed E-state index contributed by atoms with van der Waals surface area (Å²) in [6.45, 7) is 4.12. The van der Waals surface area contributed by atoms with Crippen molar-refractivity contribution in [3.63, 3.8) is 0 Å². The summed E-state index contributed by atoms with van der Waals surface area (Å²) in [5, 5.41) is 29.4. The van der Waals surface area contributed by atoms with Gasteiger partial charge in [0, 0.05) is 31.2 Å². The van der Waals surface area contributed by atoms with Crippen LogP contribution >= 0.6 is 0 Å². The quantitative estimate of drug-likeness (QED) is 0.625. The van der Waals surface area contributed by atoms with Gasteiger partial charge in [-0.15, -0.1) is 0 Å². The number of aliphatic carboxylic acids is 1. The molecular formula is C23H30N2O7. The molecule has 1 amide bonds. The van der Waals surface area contributed by atoms with Gasteiger partial charge >= 0.3 is 12.1 Å². The number of carbonyl (C=O) groups is 2. The number of fused-ring (bicyclic) bond motifs is 2. The van der Waals surface area contributed by atoms with Crippen LogP contribution in [0.3, 0.4) is 0 Å². The fourth-order valence-electron chi connectivity index (χ4n) is 5.86. The summed E-state index contributed by atoms with van der Waals surface area (Å²) in [5.41, 5.74) is 3.72. The Kier molecular flexibility index (Phi) is 5.51. The van der Waals surface area contributed by atoms with E-state index in [1.54, 1.807) is 11.8 Å². The molecule has 1 aliphatic carbocycles. The van der Waals surface area contributed by atoms with Crippen molar-refractivity contribution in [1.82, 2.24) is 4.90 Å². The minimum Gasteiger partial charge on any atom is -0.479 e. The highest BCUT2D eigenvalue weighted by atomic mass is 16.7. The first kappa shape index (κ1) is 21.5. The molecule has 32 heavy (non-hydrogen) atoms. The summed E-state index contributed by atoms with van der Waals surface area (Å²) in [5.74, 6) is -0.931. The average Bonchev–Trinajstić information content (AvgIpc) is 3.16. The fraction of sp³-hybridized carbons (Fsp3) is 0.652. The smallest absolute Gasteiger partial charge is 0.412 e. The summed E-state index contributed by atoms with van der Waals surface area (Å²) in [6.07, 6.45) is -2.77. The van der Waals surface area contributed by atoms with Crippen LogP contribution in [0.15, 0.2) is 18.2 Å². The number of hydrogen-bond donors (Lipinski definition) is 3. The van der Waals surface area contributed by atoms with Crippen LogP contribution in [0, 0.1) is 11.8 Å². The van der Waals surface area contributed by atoms with E-state index in [9.17, 15) is 24.9 Å². The van der Waals surface area contributed by atoms with E-state index in [1.165, 1.54) is 30.5 Å². The van der Waals surface area contributed by atoms with Crippen molar-refractivity contribution >= 4 is 17.7 Å². The lowest BCUT2D eigenvalue weighted by Crippen LogP contribution is -2.57. The van der Waals surface area contributed by atoms with Crippen LogP contribution < -0.4 is 4.90 Å². The van der Waals surface area contributed by atoms with Gasteiger partial charge in [0.2, 0.25) is 6.29 Å². The second-order valence-electron chi connectivity index (χ2n) is 9.51. The largest absolute Gasteiger partial charge is 0.479 e. The molecule has 3 heterocycles. The standard InChI is InChI=1S/C23H30N2O7/c1-12-18(26)19(27)20(21(28)29)31-22(12)32-23(30)25-9-8-24-10-13-4-2-6-15(13)16-7-3-5-14(11-25)17(16)24/h3,5,7,12-13,15,18-20,22,26-27H,2,4,6,8-11H2,1H3,(H,28,29)/t12?,13-,15-,18?,19?,20?,22?/m0/s1. The first-order valence-electron chi connectivity index (χ1n) is 11.4. The Morgan fingerprint density at radius 2 is 1.97 bits per heavy atom. The van der Waals surface area contributed by atoms with Gasteiger partial charge < -0.3 is 34.6 Å². The second kappa shape index (κ2) is 8.20. The molecule has 0 spiro atoms. The Bertz CT molecular complexity index is 908. The summed E-state index contributed by atoms with van der Waals surface area (Å²) < 4.78 is 10.9. The normalized spacial score (nSPS) is 36.2. The lowest BCUT2D eigenvalue weighted by molar-refractivity contribution is -0.260. The molecular weight excluding hydrogens is 416 g/mol. The molecule has 5 rings (SSSR count). The monoisotopic (exact) mass is 446 g/mol. The maximum absolute atomic E-state index is 13.0. The van der Waals surface area contributed by atoms with E-state index in [1.807, 2.05) is 6.07 Å². The molecule has 4 aliphatic rings. The van der Waals surface area contributed by atoms with E-state index < -0.39 is 42.6 Å². The van der Waals surface area contributed by atoms with Crippen LogP contribution in [0.4, 0.5) is 10.5 Å². The maximum Gasteiger partial charge on any atom is 0.412 e.